The molecular formula is C10H9Cl2N3O. The van der Waals surface area contributed by atoms with E-state index in [2.05, 4.69) is 10.2 Å². The van der Waals surface area contributed by atoms with Crippen LogP contribution in [0, 0.1) is 0 Å². The average Bonchev–Trinajstić information content (AvgIpc) is 2.67. The minimum atomic E-state index is 0.394. The molecule has 0 atom stereocenters. The molecule has 1 aromatic heterocycles. The fourth-order valence-corrected chi connectivity index (χ4v) is 1.88. The van der Waals surface area contributed by atoms with Crippen LogP contribution in [-0.4, -0.2) is 17.3 Å². The van der Waals surface area contributed by atoms with Gasteiger partial charge in [-0.2, -0.15) is 5.10 Å². The standard InChI is InChI=1S/C10H9Cl2N3O/c1-16-8-3-5(11)2-6(10(8)12)7-4-9(13)15-14-7/h2-4H,1H3,(H3,13,14,15). The summed E-state index contributed by atoms with van der Waals surface area (Å²) >= 11 is 12.1. The number of rotatable bonds is 2. The van der Waals surface area contributed by atoms with Gasteiger partial charge in [-0.15, -0.1) is 0 Å². The molecule has 2 rings (SSSR count). The molecule has 4 nitrogen and oxygen atoms in total. The maximum atomic E-state index is 6.15. The van der Waals surface area contributed by atoms with Gasteiger partial charge in [0.15, 0.2) is 0 Å². The van der Waals surface area contributed by atoms with E-state index in [0.29, 0.717) is 32.9 Å². The Bertz CT molecular complexity index is 525. The van der Waals surface area contributed by atoms with Gasteiger partial charge < -0.3 is 10.5 Å². The van der Waals surface area contributed by atoms with E-state index in [0.717, 1.165) is 0 Å². The molecular weight excluding hydrogens is 249 g/mol. The first-order chi connectivity index (χ1) is 7.61. The van der Waals surface area contributed by atoms with Gasteiger partial charge in [0.1, 0.15) is 11.6 Å². The predicted octanol–water partition coefficient (Wildman–Crippen LogP) is 2.97. The van der Waals surface area contributed by atoms with Crippen LogP contribution in [0.5, 0.6) is 5.75 Å². The van der Waals surface area contributed by atoms with Gasteiger partial charge in [0.25, 0.3) is 0 Å². The predicted molar refractivity (Wildman–Crippen MR) is 65.0 cm³/mol. The van der Waals surface area contributed by atoms with E-state index < -0.39 is 0 Å². The molecule has 0 spiro atoms. The van der Waals surface area contributed by atoms with Gasteiger partial charge in [0.05, 0.1) is 17.8 Å². The second-order valence-corrected chi connectivity index (χ2v) is 3.99. The molecule has 1 heterocycles. The summed E-state index contributed by atoms with van der Waals surface area (Å²) in [5, 5.41) is 7.60. The van der Waals surface area contributed by atoms with Crippen molar-refractivity contribution in [2.45, 2.75) is 0 Å². The van der Waals surface area contributed by atoms with Crippen LogP contribution < -0.4 is 10.5 Å². The number of benzene rings is 1. The highest BCUT2D eigenvalue weighted by atomic mass is 35.5. The largest absolute Gasteiger partial charge is 0.495 e. The van der Waals surface area contributed by atoms with E-state index in [9.17, 15) is 0 Å². The lowest BCUT2D eigenvalue weighted by atomic mass is 10.1. The highest BCUT2D eigenvalue weighted by Crippen LogP contribution is 2.37. The molecule has 0 unspecified atom stereocenters. The van der Waals surface area contributed by atoms with E-state index >= 15 is 0 Å². The maximum Gasteiger partial charge on any atom is 0.145 e. The lowest BCUT2D eigenvalue weighted by Crippen LogP contribution is -1.88. The van der Waals surface area contributed by atoms with Crippen molar-refractivity contribution in [3.05, 3.63) is 28.2 Å². The van der Waals surface area contributed by atoms with Crippen LogP contribution in [0.1, 0.15) is 0 Å². The molecule has 0 fully saturated rings. The summed E-state index contributed by atoms with van der Waals surface area (Å²) in [6.45, 7) is 0. The SMILES string of the molecule is COc1cc(Cl)cc(-c2cc(N)n[nH]2)c1Cl. The fraction of sp³-hybridized carbons (Fsp3) is 0.100. The van der Waals surface area contributed by atoms with Gasteiger partial charge in [-0.3, -0.25) is 5.10 Å². The van der Waals surface area contributed by atoms with Gasteiger partial charge in [-0.1, -0.05) is 23.2 Å². The molecule has 0 bridgehead atoms. The van der Waals surface area contributed by atoms with Crippen molar-refractivity contribution in [3.8, 4) is 17.0 Å². The number of H-pyrrole nitrogens is 1. The molecule has 2 aromatic rings. The number of hydrogen-bond acceptors (Lipinski definition) is 3. The molecule has 0 radical (unpaired) electrons. The summed E-state index contributed by atoms with van der Waals surface area (Å²) in [4.78, 5) is 0. The second-order valence-electron chi connectivity index (χ2n) is 3.18. The summed E-state index contributed by atoms with van der Waals surface area (Å²) in [5.74, 6) is 0.905. The summed E-state index contributed by atoms with van der Waals surface area (Å²) < 4.78 is 5.11. The number of nitrogens with zero attached hydrogens (tertiary/aromatic N) is 1. The number of hydrogen-bond donors (Lipinski definition) is 2. The van der Waals surface area contributed by atoms with E-state index in [4.69, 9.17) is 33.7 Å². The highest BCUT2D eigenvalue weighted by molar-refractivity contribution is 6.36. The minimum Gasteiger partial charge on any atom is -0.495 e. The lowest BCUT2D eigenvalue weighted by molar-refractivity contribution is 0.415. The molecule has 0 aliphatic rings. The molecule has 16 heavy (non-hydrogen) atoms. The molecule has 0 amide bonds. The van der Waals surface area contributed by atoms with Crippen molar-refractivity contribution < 1.29 is 4.74 Å². The number of aromatic nitrogens is 2. The smallest absolute Gasteiger partial charge is 0.145 e. The molecule has 84 valence electrons. The van der Waals surface area contributed by atoms with Crippen molar-refractivity contribution in [3.63, 3.8) is 0 Å². The van der Waals surface area contributed by atoms with Gasteiger partial charge in [-0.05, 0) is 6.07 Å². The van der Waals surface area contributed by atoms with Crippen LogP contribution in [0.4, 0.5) is 5.82 Å². The van der Waals surface area contributed by atoms with Crippen molar-refractivity contribution >= 4 is 29.0 Å². The molecule has 0 saturated carbocycles. The van der Waals surface area contributed by atoms with Crippen LogP contribution >= 0.6 is 23.2 Å². The number of nitrogens with one attached hydrogen (secondary N) is 1. The Labute approximate surface area is 102 Å². The molecule has 0 saturated heterocycles. The lowest BCUT2D eigenvalue weighted by Gasteiger charge is -2.07. The Morgan fingerprint density at radius 2 is 2.06 bits per heavy atom. The third-order valence-corrected chi connectivity index (χ3v) is 2.72. The van der Waals surface area contributed by atoms with Crippen LogP contribution in [-0.2, 0) is 0 Å². The van der Waals surface area contributed by atoms with Crippen LogP contribution in [0.15, 0.2) is 18.2 Å². The Morgan fingerprint density at radius 3 is 2.62 bits per heavy atom. The van der Waals surface area contributed by atoms with E-state index in [1.54, 1.807) is 18.2 Å². The van der Waals surface area contributed by atoms with Crippen molar-refractivity contribution in [2.24, 2.45) is 0 Å². The summed E-state index contributed by atoms with van der Waals surface area (Å²) in [6.07, 6.45) is 0. The number of nitrogens with two attached hydrogens (primary N) is 1. The van der Waals surface area contributed by atoms with Gasteiger partial charge >= 0.3 is 0 Å². The van der Waals surface area contributed by atoms with E-state index in [1.807, 2.05) is 0 Å². The van der Waals surface area contributed by atoms with Crippen molar-refractivity contribution in [1.82, 2.24) is 10.2 Å². The Kier molecular flexibility index (Phi) is 2.94. The number of anilines is 1. The van der Waals surface area contributed by atoms with E-state index in [1.165, 1.54) is 7.11 Å². The van der Waals surface area contributed by atoms with Gasteiger partial charge in [-0.25, -0.2) is 0 Å². The van der Waals surface area contributed by atoms with E-state index in [-0.39, 0.29) is 0 Å². The van der Waals surface area contributed by atoms with Crippen LogP contribution in [0.2, 0.25) is 10.0 Å². The first-order valence-corrected chi connectivity index (χ1v) is 5.21. The topological polar surface area (TPSA) is 63.9 Å². The average molecular weight is 258 g/mol. The maximum absolute atomic E-state index is 6.15. The highest BCUT2D eigenvalue weighted by Gasteiger charge is 2.12. The second kappa shape index (κ2) is 4.23. The Balaban J connectivity index is 2.60. The number of halogens is 2. The van der Waals surface area contributed by atoms with Crippen molar-refractivity contribution in [1.29, 1.82) is 0 Å². The molecule has 1 aromatic carbocycles. The first-order valence-electron chi connectivity index (χ1n) is 4.46. The van der Waals surface area contributed by atoms with Gasteiger partial charge in [0.2, 0.25) is 0 Å². The summed E-state index contributed by atoms with van der Waals surface area (Å²) in [7, 11) is 1.53. The number of methoxy groups -OCH3 is 1. The third kappa shape index (κ3) is 1.94. The Morgan fingerprint density at radius 1 is 1.31 bits per heavy atom. The molecule has 0 aliphatic carbocycles. The summed E-state index contributed by atoms with van der Waals surface area (Å²) in [6, 6.07) is 5.05. The number of nitrogen functional groups attached to an aromatic ring is 1. The molecule has 0 aliphatic heterocycles. The van der Waals surface area contributed by atoms with Gasteiger partial charge in [0, 0.05) is 22.7 Å². The zero-order valence-corrected chi connectivity index (χ0v) is 9.93. The molecule has 6 heteroatoms. The minimum absolute atomic E-state index is 0.394. The first kappa shape index (κ1) is 11.1. The van der Waals surface area contributed by atoms with Crippen molar-refractivity contribution in [2.75, 3.05) is 12.8 Å². The monoisotopic (exact) mass is 257 g/mol. The molecule has 3 N–H and O–H groups in total. The quantitative estimate of drug-likeness (QED) is 0.870. The van der Waals surface area contributed by atoms with Crippen LogP contribution in [0.25, 0.3) is 11.3 Å². The number of aromatic amines is 1. The third-order valence-electron chi connectivity index (χ3n) is 2.11. The summed E-state index contributed by atoms with van der Waals surface area (Å²) in [5.41, 5.74) is 6.93. The fourth-order valence-electron chi connectivity index (χ4n) is 1.38. The zero-order chi connectivity index (χ0) is 11.7. The van der Waals surface area contributed by atoms with Crippen LogP contribution in [0.3, 0.4) is 0 Å². The number of ether oxygens (including phenoxy) is 1. The Hall–Kier alpha value is -1.39. The normalized spacial score (nSPS) is 10.4. The zero-order valence-electron chi connectivity index (χ0n) is 8.42.